The van der Waals surface area contributed by atoms with Gasteiger partial charge in [-0.1, -0.05) is 204 Å². The summed E-state index contributed by atoms with van der Waals surface area (Å²) < 4.78 is 108. The molecule has 4 heterocycles. The van der Waals surface area contributed by atoms with Crippen LogP contribution in [0.5, 0.6) is 0 Å². The summed E-state index contributed by atoms with van der Waals surface area (Å²) in [6.45, 7) is 6.15. The molecule has 0 aliphatic rings. The minimum atomic E-state index is -2.37. The predicted molar refractivity (Wildman–Crippen MR) is 380 cm³/mol. The second-order valence-corrected chi connectivity index (χ2v) is 23.2. The maximum absolute atomic E-state index is 8.23. The zero-order valence-electron chi connectivity index (χ0n) is 66.9. The van der Waals surface area contributed by atoms with Crippen LogP contribution in [0.4, 0.5) is 0 Å². The molecule has 12 rings (SSSR count). The first kappa shape index (κ1) is 49.3. The fourth-order valence-corrected chi connectivity index (χ4v) is 11.2. The van der Waals surface area contributed by atoms with Crippen LogP contribution in [0.15, 0.2) is 267 Å². The molecule has 452 valence electrons. The Morgan fingerprint density at radius 2 is 0.778 bits per heavy atom. The number of hydrogen-bond acceptors (Lipinski definition) is 0. The van der Waals surface area contributed by atoms with E-state index in [4.69, 9.17) is 17.8 Å². The van der Waals surface area contributed by atoms with Gasteiger partial charge in [0.05, 0.1) is 0 Å². The van der Waals surface area contributed by atoms with E-state index in [1.165, 1.54) is 69.5 Å². The van der Waals surface area contributed by atoms with Crippen LogP contribution in [-0.4, -0.2) is 0 Å². The molecule has 0 fully saturated rings. The smallest absolute Gasteiger partial charge is 0.201 e. The van der Waals surface area contributed by atoms with Gasteiger partial charge >= 0.3 is 0 Å². The van der Waals surface area contributed by atoms with E-state index in [-0.39, 0.29) is 6.42 Å². The van der Waals surface area contributed by atoms with Gasteiger partial charge in [0, 0.05) is 87.6 Å². The van der Waals surface area contributed by atoms with E-state index < -0.39 is 38.7 Å². The van der Waals surface area contributed by atoms with E-state index in [0.717, 1.165) is 61.7 Å². The van der Waals surface area contributed by atoms with Gasteiger partial charge in [-0.2, -0.15) is 0 Å². The predicted octanol–water partition coefficient (Wildman–Crippen LogP) is 19.8. The molecule has 12 aromatic rings. The van der Waals surface area contributed by atoms with Crippen molar-refractivity contribution in [2.75, 3.05) is 0 Å². The van der Waals surface area contributed by atoms with Crippen molar-refractivity contribution in [1.82, 2.24) is 0 Å². The topological polar surface area (TPSA) is 15.5 Å². The molecule has 0 saturated heterocycles. The number of benzene rings is 8. The zero-order valence-corrected chi connectivity index (χ0v) is 53.9. The maximum atomic E-state index is 8.23. The van der Waals surface area contributed by atoms with Crippen molar-refractivity contribution in [3.8, 4) is 89.5 Å². The van der Waals surface area contributed by atoms with E-state index in [2.05, 4.69) is 158 Å². The third kappa shape index (κ3) is 16.5. The zero-order chi connectivity index (χ0) is 75.0. The van der Waals surface area contributed by atoms with Crippen LogP contribution in [0.1, 0.15) is 103 Å². The fraction of sp³-hybridized carbons (Fsp3) is 0.209. The molecule has 2 atom stereocenters. The van der Waals surface area contributed by atoms with Gasteiger partial charge in [-0.05, 0) is 173 Å². The summed E-state index contributed by atoms with van der Waals surface area (Å²) in [5.74, 6) is -3.12. The van der Waals surface area contributed by atoms with E-state index in [0.29, 0.717) is 16.7 Å². The summed E-state index contributed by atoms with van der Waals surface area (Å²) in [4.78, 5) is 0. The van der Waals surface area contributed by atoms with Crippen LogP contribution in [0, 0.1) is 40.4 Å². The molecular formula is C86H92N4+4. The molecule has 0 N–H and O–H groups in total. The van der Waals surface area contributed by atoms with Gasteiger partial charge in [-0.15, -0.1) is 0 Å². The van der Waals surface area contributed by atoms with Crippen LogP contribution in [0.25, 0.3) is 89.5 Å². The van der Waals surface area contributed by atoms with Crippen molar-refractivity contribution < 1.29 is 36.1 Å². The Bertz CT molecular complexity index is 4750. The second-order valence-electron chi connectivity index (χ2n) is 23.2. The number of rotatable bonds is 12. The Hall–Kier alpha value is -9.64. The van der Waals surface area contributed by atoms with Gasteiger partial charge in [0.25, 0.3) is 0 Å². The lowest BCUT2D eigenvalue weighted by atomic mass is 9.97. The first-order chi connectivity index (χ1) is 48.4. The highest BCUT2D eigenvalue weighted by Gasteiger charge is 2.18. The number of aromatic nitrogens is 4. The Labute approximate surface area is 557 Å². The lowest BCUT2D eigenvalue weighted by Crippen LogP contribution is -2.31. The number of nitrogens with zero attached hydrogens (tertiary/aromatic N) is 4. The van der Waals surface area contributed by atoms with E-state index >= 15 is 0 Å². The van der Waals surface area contributed by atoms with Crippen molar-refractivity contribution in [3.05, 3.63) is 312 Å². The van der Waals surface area contributed by atoms with E-state index in [1.807, 2.05) is 159 Å². The maximum Gasteiger partial charge on any atom is 0.213 e. The molecule has 4 nitrogen and oxygen atoms in total. The van der Waals surface area contributed by atoms with Gasteiger partial charge in [0.1, 0.15) is 28.2 Å². The summed E-state index contributed by atoms with van der Waals surface area (Å²) in [5, 5.41) is 0. The average molecular weight is 1190 g/mol. The minimum Gasteiger partial charge on any atom is -0.201 e. The molecule has 4 heteroatoms. The summed E-state index contributed by atoms with van der Waals surface area (Å²) in [6.07, 6.45) is 6.51. The molecular weight excluding hydrogens is 1090 g/mol. The van der Waals surface area contributed by atoms with Gasteiger partial charge in [0.2, 0.25) is 22.8 Å². The van der Waals surface area contributed by atoms with Crippen molar-refractivity contribution in [2.45, 2.75) is 87.7 Å². The summed E-state index contributed by atoms with van der Waals surface area (Å²) in [7, 11) is 7.92. The minimum absolute atomic E-state index is 0.196. The molecule has 90 heavy (non-hydrogen) atoms. The molecule has 0 radical (unpaired) electrons. The Morgan fingerprint density at radius 3 is 1.21 bits per heavy atom. The van der Waals surface area contributed by atoms with Crippen LogP contribution in [0.3, 0.4) is 0 Å². The third-order valence-electron chi connectivity index (χ3n) is 16.3. The summed E-state index contributed by atoms with van der Waals surface area (Å²) in [6, 6.07) is 81.1. The van der Waals surface area contributed by atoms with Crippen LogP contribution in [-0.2, 0) is 41.0 Å². The molecule has 0 bridgehead atoms. The molecule has 0 saturated carbocycles. The summed E-state index contributed by atoms with van der Waals surface area (Å²) >= 11 is 0. The largest absolute Gasteiger partial charge is 0.213 e. The molecule has 8 aromatic carbocycles. The third-order valence-corrected chi connectivity index (χ3v) is 16.3. The molecule has 0 aliphatic carbocycles. The lowest BCUT2D eigenvalue weighted by molar-refractivity contribution is -0.660. The van der Waals surface area contributed by atoms with Crippen LogP contribution in [0.2, 0.25) is 0 Å². The van der Waals surface area contributed by atoms with Crippen molar-refractivity contribution in [2.24, 2.45) is 34.1 Å². The highest BCUT2D eigenvalue weighted by atomic mass is 14.9. The number of hydrogen-bond donors (Lipinski definition) is 0. The fourth-order valence-electron chi connectivity index (χ4n) is 11.2. The van der Waals surface area contributed by atoms with Crippen LogP contribution < -0.4 is 18.3 Å². The van der Waals surface area contributed by atoms with Gasteiger partial charge in [-0.3, -0.25) is 0 Å². The van der Waals surface area contributed by atoms with E-state index in [9.17, 15) is 0 Å². The molecule has 2 unspecified atom stereocenters. The number of pyridine rings is 4. The van der Waals surface area contributed by atoms with Crippen molar-refractivity contribution in [3.63, 3.8) is 0 Å². The van der Waals surface area contributed by atoms with Crippen LogP contribution >= 0.6 is 0 Å². The lowest BCUT2D eigenvalue weighted by Gasteiger charge is -2.09. The quantitative estimate of drug-likeness (QED) is 0.108. The molecule has 4 aromatic heterocycles. The average Bonchev–Trinajstić information content (AvgIpc) is 0.792. The normalized spacial score (nSPS) is 14.9. The number of aryl methyl sites for hydroxylation is 10. The summed E-state index contributed by atoms with van der Waals surface area (Å²) in [5.41, 5.74) is 25.2. The van der Waals surface area contributed by atoms with Gasteiger partial charge < -0.3 is 0 Å². The Balaban J connectivity index is 0.000000160. The highest BCUT2D eigenvalue weighted by molar-refractivity contribution is 5.74. The first-order valence-corrected chi connectivity index (χ1v) is 30.6. The highest BCUT2D eigenvalue weighted by Crippen LogP contribution is 2.31. The second kappa shape index (κ2) is 30.5. The molecule has 0 amide bonds. The van der Waals surface area contributed by atoms with Crippen molar-refractivity contribution in [1.29, 1.82) is 0 Å². The van der Waals surface area contributed by atoms with E-state index in [1.54, 1.807) is 31.3 Å². The monoisotopic (exact) mass is 1190 g/mol. The SMILES string of the molecule is [2H]C([2H])(C)c1ccc(-c2ccc(-c3ccccc3)cc2C)[n+](C)c1.[2H]C([2H])([2H])C([2H])(C)Cc1ccc(-c2cc[n+](C)c(-c3ccccc3C)c2)cc1.[2H]C([2H])([2H])C([2H])(C)c1ccc(-c2cc[n+](C)c(-c3ccccc3C)c2)cc1.[2H]C([2H])([2H])c1ccc(-c2ccc(-c3ccccc3)cc2C)[n+](C)c1. The Kier molecular flexibility index (Phi) is 16.7. The van der Waals surface area contributed by atoms with Gasteiger partial charge in [0.15, 0.2) is 24.8 Å². The molecule has 0 aliphatic heterocycles. The van der Waals surface area contributed by atoms with Crippen molar-refractivity contribution >= 4 is 0 Å². The van der Waals surface area contributed by atoms with Gasteiger partial charge in [-0.25, -0.2) is 18.3 Å². The Morgan fingerprint density at radius 1 is 0.367 bits per heavy atom. The first-order valence-electron chi connectivity index (χ1n) is 37.1. The standard InChI is InChI=1S/C23H26N.C22H24N.C21H22N.C20H20N/c1-17(2)15-19-9-11-20(12-10-19)21-13-14-24(4)23(16-21)22-8-6-5-7-18(22)3;1-16(2)18-9-11-19(12-10-18)20-13-14-23(4)22(15-20)21-8-6-5-7-17(21)3;1-4-17-10-13-21(22(3)15-17)20-12-11-19(14-16(20)2)18-8-6-5-7-9-18;1-15-9-12-20(21(3)14-15)19-11-10-18(13-16(19)2)17-7-5-4-6-8-17/h5-14,16-17H,15H2,1-4H3;5-16H,1-4H3;5-15H,4H2,1-3H3;4-14H,1-3H3/q4*+1/i1D3,17D;1D3,16D;4D2;1D3. The molecule has 0 spiro atoms.